The summed E-state index contributed by atoms with van der Waals surface area (Å²) in [7, 11) is -16.2. The highest BCUT2D eigenvalue weighted by atomic mass is 31.3. The van der Waals surface area contributed by atoms with Crippen LogP contribution in [0, 0.1) is 0 Å². The van der Waals surface area contributed by atoms with Gasteiger partial charge < -0.3 is 39.8 Å². The van der Waals surface area contributed by atoms with Gasteiger partial charge in [-0.2, -0.15) is 8.62 Å². The van der Waals surface area contributed by atoms with Gasteiger partial charge in [0.1, 0.15) is 0 Å². The Morgan fingerprint density at radius 3 is 1.09 bits per heavy atom. The topological polar surface area (TPSA) is 235 Å². The quantitative estimate of drug-likeness (QED) is 0.176. The number of phosphoric acid groups is 3. The number of hydrogen-bond donors (Lipinski definition) is 8. The number of aliphatic hydroxyl groups excluding tert-OH is 3. The fourth-order valence-corrected chi connectivity index (χ4v) is 3.58. The largest absolute Gasteiger partial charge is 0.490 e. The van der Waals surface area contributed by atoms with Gasteiger partial charge in [0.05, 0.1) is 19.8 Å². The van der Waals surface area contributed by atoms with Crippen molar-refractivity contribution < 1.29 is 62.1 Å². The third kappa shape index (κ3) is 20.2. The first kappa shape index (κ1) is 25.5. The SMILES string of the molecule is O=P(O)(O)OP(=O)(O)OP(=O)(O)O.OCCN(CCO)CCO. The lowest BCUT2D eigenvalue weighted by atomic mass is 10.4. The summed E-state index contributed by atoms with van der Waals surface area (Å²) in [4.78, 5) is 42.0. The first-order valence-electron chi connectivity index (χ1n) is 5.68. The Balaban J connectivity index is 0. The van der Waals surface area contributed by atoms with Crippen LogP contribution in [0.5, 0.6) is 0 Å². The van der Waals surface area contributed by atoms with Crippen LogP contribution in [0.1, 0.15) is 0 Å². The van der Waals surface area contributed by atoms with E-state index in [0.717, 1.165) is 0 Å². The zero-order valence-electron chi connectivity index (χ0n) is 11.7. The van der Waals surface area contributed by atoms with Crippen LogP contribution in [-0.2, 0) is 22.3 Å². The Bertz CT molecular complexity index is 403. The highest BCUT2D eigenvalue weighted by Crippen LogP contribution is 2.64. The van der Waals surface area contributed by atoms with Gasteiger partial charge in [-0.05, 0) is 0 Å². The van der Waals surface area contributed by atoms with Gasteiger partial charge in [-0.3, -0.25) is 4.90 Å². The Morgan fingerprint density at radius 2 is 0.913 bits per heavy atom. The highest BCUT2D eigenvalue weighted by Gasteiger charge is 2.38. The predicted octanol–water partition coefficient (Wildman–Crippen LogP) is -2.43. The number of hydrogen-bond acceptors (Lipinski definition) is 9. The molecule has 14 nitrogen and oxygen atoms in total. The number of nitrogens with zero attached hydrogens (tertiary/aromatic N) is 1. The molecule has 23 heavy (non-hydrogen) atoms. The maximum Gasteiger partial charge on any atom is 0.490 e. The molecule has 0 aliphatic heterocycles. The molecule has 0 rings (SSSR count). The summed E-state index contributed by atoms with van der Waals surface area (Å²) in [6.07, 6.45) is 0. The molecule has 0 aromatic rings. The summed E-state index contributed by atoms with van der Waals surface area (Å²) in [6.45, 7) is 1.75. The van der Waals surface area contributed by atoms with E-state index in [1.165, 1.54) is 0 Å². The van der Waals surface area contributed by atoms with Crippen LogP contribution in [0.3, 0.4) is 0 Å². The van der Waals surface area contributed by atoms with E-state index in [1.807, 2.05) is 0 Å². The number of aliphatic hydroxyl groups is 3. The zero-order chi connectivity index (χ0) is 18.7. The molecule has 0 bridgehead atoms. The van der Waals surface area contributed by atoms with Crippen LogP contribution in [0.4, 0.5) is 0 Å². The van der Waals surface area contributed by atoms with Crippen molar-refractivity contribution in [1.29, 1.82) is 0 Å². The van der Waals surface area contributed by atoms with E-state index in [4.69, 9.17) is 39.8 Å². The van der Waals surface area contributed by atoms with Gasteiger partial charge in [-0.25, -0.2) is 13.7 Å². The van der Waals surface area contributed by atoms with Crippen LogP contribution in [-0.4, -0.2) is 84.1 Å². The Labute approximate surface area is 131 Å². The van der Waals surface area contributed by atoms with Gasteiger partial charge in [-0.1, -0.05) is 0 Å². The summed E-state index contributed by atoms with van der Waals surface area (Å²) >= 11 is 0. The molecule has 0 heterocycles. The monoisotopic (exact) mass is 407 g/mol. The van der Waals surface area contributed by atoms with Crippen LogP contribution in [0.15, 0.2) is 0 Å². The van der Waals surface area contributed by atoms with E-state index in [1.54, 1.807) is 4.90 Å². The molecule has 0 spiro atoms. The van der Waals surface area contributed by atoms with Crippen molar-refractivity contribution in [3.05, 3.63) is 0 Å². The van der Waals surface area contributed by atoms with E-state index in [9.17, 15) is 13.7 Å². The van der Waals surface area contributed by atoms with E-state index in [-0.39, 0.29) is 19.8 Å². The van der Waals surface area contributed by atoms with Crippen molar-refractivity contribution >= 4 is 23.5 Å². The predicted molar refractivity (Wildman–Crippen MR) is 73.8 cm³/mol. The van der Waals surface area contributed by atoms with Gasteiger partial charge in [-0.15, -0.1) is 0 Å². The van der Waals surface area contributed by atoms with Crippen LogP contribution in [0.2, 0.25) is 0 Å². The Morgan fingerprint density at radius 1 is 0.652 bits per heavy atom. The van der Waals surface area contributed by atoms with Gasteiger partial charge in [0.2, 0.25) is 0 Å². The summed E-state index contributed by atoms with van der Waals surface area (Å²) < 4.78 is 36.4. The van der Waals surface area contributed by atoms with E-state index in [0.29, 0.717) is 19.6 Å². The maximum atomic E-state index is 10.4. The maximum absolute atomic E-state index is 10.4. The molecule has 17 heteroatoms. The molecule has 0 aromatic heterocycles. The second-order valence-corrected chi connectivity index (χ2v) is 7.83. The zero-order valence-corrected chi connectivity index (χ0v) is 14.3. The second kappa shape index (κ2) is 11.7. The lowest BCUT2D eigenvalue weighted by Gasteiger charge is -2.17. The third-order valence-electron chi connectivity index (χ3n) is 1.67. The minimum absolute atomic E-state index is 0.0694. The molecule has 0 saturated carbocycles. The molecule has 0 atom stereocenters. The average Bonchev–Trinajstić information content (AvgIpc) is 2.23. The summed E-state index contributed by atoms with van der Waals surface area (Å²) in [5.74, 6) is 0. The fraction of sp³-hybridized carbons (Fsp3) is 1.00. The van der Waals surface area contributed by atoms with Crippen molar-refractivity contribution in [3.63, 3.8) is 0 Å². The minimum Gasteiger partial charge on any atom is -0.395 e. The molecular weight excluding hydrogens is 387 g/mol. The molecule has 0 aliphatic carbocycles. The highest BCUT2D eigenvalue weighted by molar-refractivity contribution is 7.66. The Hall–Kier alpha value is 0.250. The van der Waals surface area contributed by atoms with Crippen molar-refractivity contribution in [2.75, 3.05) is 39.5 Å². The van der Waals surface area contributed by atoms with E-state index in [2.05, 4.69) is 8.62 Å². The standard InChI is InChI=1S/C6H15NO3.H5O10P3/c8-4-1-7(2-5-9)3-6-10;1-11(2,3)9-13(7,8)10-12(4,5)6/h8-10H,1-6H2;(H,7,8)(H2,1,2,3)(H2,4,5,6). The van der Waals surface area contributed by atoms with Crippen LogP contribution in [0.25, 0.3) is 0 Å². The smallest absolute Gasteiger partial charge is 0.395 e. The molecule has 0 unspecified atom stereocenters. The summed E-state index contributed by atoms with van der Waals surface area (Å²) in [5, 5.41) is 25.5. The van der Waals surface area contributed by atoms with Crippen LogP contribution >= 0.6 is 23.5 Å². The Kier molecular flexibility index (Phi) is 13.0. The third-order valence-corrected chi connectivity index (χ3v) is 5.02. The molecule has 0 aliphatic rings. The van der Waals surface area contributed by atoms with E-state index >= 15 is 0 Å². The average molecular weight is 407 g/mol. The van der Waals surface area contributed by atoms with Gasteiger partial charge >= 0.3 is 23.5 Å². The molecule has 0 fully saturated rings. The van der Waals surface area contributed by atoms with Gasteiger partial charge in [0, 0.05) is 19.6 Å². The van der Waals surface area contributed by atoms with E-state index < -0.39 is 23.5 Å². The summed E-state index contributed by atoms with van der Waals surface area (Å²) in [6, 6.07) is 0. The summed E-state index contributed by atoms with van der Waals surface area (Å²) in [5.41, 5.74) is 0. The van der Waals surface area contributed by atoms with Gasteiger partial charge in [0.25, 0.3) is 0 Å². The van der Waals surface area contributed by atoms with Crippen molar-refractivity contribution in [3.8, 4) is 0 Å². The number of rotatable bonds is 10. The van der Waals surface area contributed by atoms with Crippen molar-refractivity contribution in [2.24, 2.45) is 0 Å². The lowest BCUT2D eigenvalue weighted by molar-refractivity contribution is 0.136. The molecule has 0 aromatic carbocycles. The molecular formula is C6H20NO13P3. The first-order valence-corrected chi connectivity index (χ1v) is 10.2. The molecule has 0 saturated heterocycles. The lowest BCUT2D eigenvalue weighted by Crippen LogP contribution is -2.32. The normalized spacial score (nSPS) is 12.9. The first-order chi connectivity index (χ1) is 10.3. The van der Waals surface area contributed by atoms with Gasteiger partial charge in [0.15, 0.2) is 0 Å². The van der Waals surface area contributed by atoms with Crippen molar-refractivity contribution in [1.82, 2.24) is 4.90 Å². The fourth-order valence-electron chi connectivity index (χ4n) is 1.04. The molecule has 0 amide bonds. The molecule has 142 valence electrons. The molecule has 8 N–H and O–H groups in total. The van der Waals surface area contributed by atoms with Crippen molar-refractivity contribution in [2.45, 2.75) is 0 Å². The minimum atomic E-state index is -5.46. The molecule has 0 radical (unpaired) electrons. The van der Waals surface area contributed by atoms with Crippen LogP contribution < -0.4 is 0 Å². The second-order valence-electron chi connectivity index (χ2n) is 3.63.